The maximum atomic E-state index is 13.0. The fraction of sp³-hybridized carbons (Fsp3) is 0.192. The molecule has 1 aliphatic rings. The van der Waals surface area contributed by atoms with E-state index in [2.05, 4.69) is 10.3 Å². The second-order valence-electron chi connectivity index (χ2n) is 7.49. The minimum absolute atomic E-state index is 0.291. The van der Waals surface area contributed by atoms with Crippen molar-refractivity contribution in [3.63, 3.8) is 0 Å². The standard InChI is InChI=1S/C26H25N3O3S/c1-3-31-25(30)23-18(2)29(21-9-5-4-6-10-21)26(33)28-24(23)20-11-13-22(14-12-20)32-17-19-8-7-15-27-16-19/h4-16,24H,3,17H2,1-2H3,(H,28,33)/t24-/m1/s1. The highest BCUT2D eigenvalue weighted by Crippen LogP contribution is 2.34. The van der Waals surface area contributed by atoms with Crippen LogP contribution < -0.4 is 15.0 Å². The molecular formula is C26H25N3O3S. The van der Waals surface area contributed by atoms with E-state index >= 15 is 0 Å². The Bertz CT molecular complexity index is 1150. The summed E-state index contributed by atoms with van der Waals surface area (Å²) in [5.41, 5.74) is 4.03. The van der Waals surface area contributed by atoms with Crippen molar-refractivity contribution in [1.29, 1.82) is 0 Å². The summed E-state index contributed by atoms with van der Waals surface area (Å²) in [4.78, 5) is 18.9. The molecule has 1 aromatic heterocycles. The average Bonchev–Trinajstić information content (AvgIpc) is 2.84. The van der Waals surface area contributed by atoms with Crippen molar-refractivity contribution in [3.8, 4) is 5.75 Å². The Balaban J connectivity index is 1.62. The quantitative estimate of drug-likeness (QED) is 0.397. The number of anilines is 1. The first kappa shape index (κ1) is 22.5. The largest absolute Gasteiger partial charge is 0.489 e. The number of ether oxygens (including phenoxy) is 2. The number of allylic oxidation sites excluding steroid dienone is 1. The van der Waals surface area contributed by atoms with Crippen LogP contribution in [0.1, 0.15) is 31.0 Å². The van der Waals surface area contributed by atoms with Crippen LogP contribution in [0.3, 0.4) is 0 Å². The van der Waals surface area contributed by atoms with E-state index in [1.54, 1.807) is 19.3 Å². The van der Waals surface area contributed by atoms with Crippen LogP contribution in [0.25, 0.3) is 0 Å². The highest BCUT2D eigenvalue weighted by atomic mass is 32.1. The molecule has 0 unspecified atom stereocenters. The van der Waals surface area contributed by atoms with Gasteiger partial charge in [0.2, 0.25) is 0 Å². The molecule has 6 nitrogen and oxygen atoms in total. The van der Waals surface area contributed by atoms with Crippen LogP contribution >= 0.6 is 12.2 Å². The highest BCUT2D eigenvalue weighted by molar-refractivity contribution is 7.80. The maximum Gasteiger partial charge on any atom is 0.338 e. The van der Waals surface area contributed by atoms with Gasteiger partial charge < -0.3 is 14.8 Å². The van der Waals surface area contributed by atoms with Gasteiger partial charge in [0.1, 0.15) is 12.4 Å². The van der Waals surface area contributed by atoms with Crippen molar-refractivity contribution < 1.29 is 14.3 Å². The lowest BCUT2D eigenvalue weighted by molar-refractivity contribution is -0.139. The Morgan fingerprint density at radius 2 is 1.85 bits per heavy atom. The predicted octanol–water partition coefficient (Wildman–Crippen LogP) is 4.93. The van der Waals surface area contributed by atoms with Gasteiger partial charge in [-0.05, 0) is 62.0 Å². The Labute approximate surface area is 198 Å². The molecule has 33 heavy (non-hydrogen) atoms. The molecule has 168 valence electrons. The highest BCUT2D eigenvalue weighted by Gasteiger charge is 2.35. The summed E-state index contributed by atoms with van der Waals surface area (Å²) in [5.74, 6) is 0.359. The lowest BCUT2D eigenvalue weighted by Crippen LogP contribution is -2.48. The molecule has 1 atom stereocenters. The van der Waals surface area contributed by atoms with Crippen molar-refractivity contribution in [2.75, 3.05) is 11.5 Å². The summed E-state index contributed by atoms with van der Waals surface area (Å²) in [5, 5.41) is 3.85. The first-order chi connectivity index (χ1) is 16.1. The predicted molar refractivity (Wildman–Crippen MR) is 132 cm³/mol. The van der Waals surface area contributed by atoms with Gasteiger partial charge in [0.15, 0.2) is 5.11 Å². The molecule has 0 aliphatic carbocycles. The Morgan fingerprint density at radius 1 is 1.09 bits per heavy atom. The summed E-state index contributed by atoms with van der Waals surface area (Å²) in [6.07, 6.45) is 3.51. The van der Waals surface area contributed by atoms with Gasteiger partial charge in [0, 0.05) is 29.3 Å². The second-order valence-corrected chi connectivity index (χ2v) is 7.88. The average molecular weight is 460 g/mol. The van der Waals surface area contributed by atoms with Gasteiger partial charge in [0.25, 0.3) is 0 Å². The SMILES string of the molecule is CCOC(=O)C1=C(C)N(c2ccccc2)C(=S)N[C@@H]1c1ccc(OCc2cccnc2)cc1. The third-order valence-corrected chi connectivity index (χ3v) is 5.64. The van der Waals surface area contributed by atoms with Crippen LogP contribution in [-0.2, 0) is 16.1 Å². The lowest BCUT2D eigenvalue weighted by atomic mass is 9.94. The van der Waals surface area contributed by atoms with Crippen LogP contribution in [-0.4, -0.2) is 22.7 Å². The van der Waals surface area contributed by atoms with E-state index in [4.69, 9.17) is 21.7 Å². The van der Waals surface area contributed by atoms with Crippen molar-refractivity contribution >= 4 is 29.0 Å². The Hall–Kier alpha value is -3.71. The number of para-hydroxylation sites is 1. The monoisotopic (exact) mass is 459 g/mol. The molecule has 0 radical (unpaired) electrons. The van der Waals surface area contributed by atoms with E-state index in [0.717, 1.165) is 28.3 Å². The summed E-state index contributed by atoms with van der Waals surface area (Å²) >= 11 is 5.69. The number of rotatable bonds is 7. The van der Waals surface area contributed by atoms with E-state index in [-0.39, 0.29) is 5.97 Å². The van der Waals surface area contributed by atoms with E-state index < -0.39 is 6.04 Å². The minimum Gasteiger partial charge on any atom is -0.489 e. The van der Waals surface area contributed by atoms with Crippen LogP contribution in [0.4, 0.5) is 5.69 Å². The molecule has 0 bridgehead atoms. The van der Waals surface area contributed by atoms with Gasteiger partial charge in [-0.15, -0.1) is 0 Å². The number of hydrogen-bond donors (Lipinski definition) is 1. The molecule has 2 aromatic carbocycles. The van der Waals surface area contributed by atoms with E-state index in [0.29, 0.717) is 23.9 Å². The number of aromatic nitrogens is 1. The number of thiocarbonyl (C=S) groups is 1. The van der Waals surface area contributed by atoms with Crippen LogP contribution in [0.5, 0.6) is 5.75 Å². The summed E-state index contributed by atoms with van der Waals surface area (Å²) in [6, 6.07) is 20.8. The normalized spacial score (nSPS) is 15.8. The number of benzene rings is 2. The van der Waals surface area contributed by atoms with Crippen molar-refractivity contribution in [2.24, 2.45) is 0 Å². The molecule has 0 saturated carbocycles. The van der Waals surface area contributed by atoms with Crippen molar-refractivity contribution in [3.05, 3.63) is 102 Å². The maximum absolute atomic E-state index is 13.0. The van der Waals surface area contributed by atoms with Crippen LogP contribution in [0.2, 0.25) is 0 Å². The van der Waals surface area contributed by atoms with Crippen LogP contribution in [0.15, 0.2) is 90.4 Å². The van der Waals surface area contributed by atoms with Gasteiger partial charge in [-0.25, -0.2) is 4.79 Å². The zero-order valence-electron chi connectivity index (χ0n) is 18.5. The molecule has 7 heteroatoms. The van der Waals surface area contributed by atoms with Gasteiger partial charge in [-0.1, -0.05) is 36.4 Å². The zero-order valence-corrected chi connectivity index (χ0v) is 19.3. The molecular weight excluding hydrogens is 434 g/mol. The number of carbonyl (C=O) groups is 1. The third kappa shape index (κ3) is 5.04. The number of nitrogens with zero attached hydrogens (tertiary/aromatic N) is 2. The number of nitrogens with one attached hydrogen (secondary N) is 1. The molecule has 2 heterocycles. The van der Waals surface area contributed by atoms with E-state index in [1.165, 1.54) is 0 Å². The van der Waals surface area contributed by atoms with Gasteiger partial charge >= 0.3 is 5.97 Å². The second kappa shape index (κ2) is 10.3. The smallest absolute Gasteiger partial charge is 0.338 e. The first-order valence-corrected chi connectivity index (χ1v) is 11.1. The Morgan fingerprint density at radius 3 is 2.52 bits per heavy atom. The molecule has 0 amide bonds. The molecule has 1 N–H and O–H groups in total. The molecule has 3 aromatic rings. The van der Waals surface area contributed by atoms with Gasteiger partial charge in [-0.2, -0.15) is 0 Å². The molecule has 1 aliphatic heterocycles. The minimum atomic E-state index is -0.427. The van der Waals surface area contributed by atoms with Crippen LogP contribution in [0, 0.1) is 0 Å². The first-order valence-electron chi connectivity index (χ1n) is 10.7. The third-order valence-electron chi connectivity index (χ3n) is 5.34. The summed E-state index contributed by atoms with van der Waals surface area (Å²) < 4.78 is 11.3. The zero-order chi connectivity index (χ0) is 23.2. The van der Waals surface area contributed by atoms with Crippen molar-refractivity contribution in [2.45, 2.75) is 26.5 Å². The Kier molecular flexibility index (Phi) is 7.00. The number of pyridine rings is 1. The number of esters is 1. The van der Waals surface area contributed by atoms with Crippen molar-refractivity contribution in [1.82, 2.24) is 10.3 Å². The topological polar surface area (TPSA) is 63.7 Å². The van der Waals surface area contributed by atoms with E-state index in [9.17, 15) is 4.79 Å². The van der Waals surface area contributed by atoms with Gasteiger partial charge in [-0.3, -0.25) is 9.88 Å². The lowest BCUT2D eigenvalue weighted by Gasteiger charge is -2.37. The molecule has 0 fully saturated rings. The molecule has 0 spiro atoms. The fourth-order valence-electron chi connectivity index (χ4n) is 3.76. The summed E-state index contributed by atoms with van der Waals surface area (Å²) in [7, 11) is 0. The molecule has 4 rings (SSSR count). The molecule has 0 saturated heterocycles. The van der Waals surface area contributed by atoms with E-state index in [1.807, 2.05) is 78.6 Å². The summed E-state index contributed by atoms with van der Waals surface area (Å²) in [6.45, 7) is 4.41. The fourth-order valence-corrected chi connectivity index (χ4v) is 4.12. The number of carbonyl (C=O) groups excluding carboxylic acids is 1. The number of hydrogen-bond acceptors (Lipinski definition) is 5. The van der Waals surface area contributed by atoms with Gasteiger partial charge in [0.05, 0.1) is 18.2 Å².